The molecule has 0 aliphatic heterocycles. The molecule has 0 amide bonds. The van der Waals surface area contributed by atoms with Crippen molar-refractivity contribution < 1.29 is 0 Å². The lowest BCUT2D eigenvalue weighted by molar-refractivity contribution is 0.496. The summed E-state index contributed by atoms with van der Waals surface area (Å²) in [6.45, 7) is 6.76. The van der Waals surface area contributed by atoms with Crippen LogP contribution in [0.3, 0.4) is 0 Å². The van der Waals surface area contributed by atoms with Crippen LogP contribution in [0.1, 0.15) is 38.1 Å². The van der Waals surface area contributed by atoms with Crippen LogP contribution in [-0.4, -0.2) is 9.13 Å². The zero-order chi connectivity index (χ0) is 16.7. The summed E-state index contributed by atoms with van der Waals surface area (Å²) in [6, 6.07) is 17.5. The summed E-state index contributed by atoms with van der Waals surface area (Å²) in [7, 11) is 0. The Morgan fingerprint density at radius 2 is 1.12 bits per heavy atom. The molecule has 122 valence electrons. The number of aromatic nitrogens is 2. The molecule has 2 heterocycles. The van der Waals surface area contributed by atoms with Crippen molar-refractivity contribution in [1.29, 1.82) is 0 Å². The van der Waals surface area contributed by atoms with Gasteiger partial charge < -0.3 is 9.13 Å². The van der Waals surface area contributed by atoms with Crippen molar-refractivity contribution in [2.24, 2.45) is 0 Å². The van der Waals surface area contributed by atoms with Gasteiger partial charge in [0.2, 0.25) is 0 Å². The molecule has 2 nitrogen and oxygen atoms in total. The minimum absolute atomic E-state index is 0.250. The second-order valence-electron chi connectivity index (χ2n) is 6.50. The molecule has 0 fully saturated rings. The van der Waals surface area contributed by atoms with Crippen molar-refractivity contribution in [1.82, 2.24) is 9.13 Å². The number of benzene rings is 2. The molecular weight excluding hydrogens is 292 g/mol. The van der Waals surface area contributed by atoms with Crippen LogP contribution in [0.2, 0.25) is 0 Å². The molecule has 0 saturated carbocycles. The molecule has 0 aliphatic rings. The molecule has 0 aliphatic carbocycles. The molecule has 2 aromatic carbocycles. The molecule has 4 rings (SSSR count). The van der Waals surface area contributed by atoms with Gasteiger partial charge in [0.05, 0.1) is 11.0 Å². The fraction of sp³-hybridized carbons (Fsp3) is 0.273. The van der Waals surface area contributed by atoms with Crippen LogP contribution in [0.15, 0.2) is 60.9 Å². The van der Waals surface area contributed by atoms with Gasteiger partial charge in [-0.2, -0.15) is 0 Å². The fourth-order valence-corrected chi connectivity index (χ4v) is 3.87. The standard InChI is InChI=1S/C22H24N2/c1-4-17-14-23(21-12-8-6-10-19(17)21)16(3)24-15-18(5-2)20-11-7-9-13-22(20)24/h6-16H,4-5H2,1-3H3. The van der Waals surface area contributed by atoms with Crippen LogP contribution in [0.4, 0.5) is 0 Å². The first-order chi connectivity index (χ1) is 11.7. The highest BCUT2D eigenvalue weighted by atomic mass is 15.2. The van der Waals surface area contributed by atoms with E-state index in [1.54, 1.807) is 0 Å². The van der Waals surface area contributed by atoms with E-state index >= 15 is 0 Å². The monoisotopic (exact) mass is 316 g/mol. The Labute approximate surface area is 143 Å². The predicted molar refractivity (Wildman–Crippen MR) is 103 cm³/mol. The van der Waals surface area contributed by atoms with Crippen LogP contribution in [0, 0.1) is 0 Å². The van der Waals surface area contributed by atoms with E-state index in [2.05, 4.69) is 90.8 Å². The number of fused-ring (bicyclic) bond motifs is 2. The zero-order valence-corrected chi connectivity index (χ0v) is 14.7. The summed E-state index contributed by atoms with van der Waals surface area (Å²) in [4.78, 5) is 0. The first kappa shape index (κ1) is 15.1. The molecule has 0 bridgehead atoms. The Hall–Kier alpha value is -2.48. The van der Waals surface area contributed by atoms with E-state index in [0.29, 0.717) is 0 Å². The van der Waals surface area contributed by atoms with Crippen LogP contribution < -0.4 is 0 Å². The van der Waals surface area contributed by atoms with Gasteiger partial charge in [0.1, 0.15) is 6.17 Å². The van der Waals surface area contributed by atoms with Crippen molar-refractivity contribution in [3.63, 3.8) is 0 Å². The Kier molecular flexibility index (Phi) is 3.68. The molecule has 0 unspecified atom stereocenters. The third kappa shape index (κ3) is 2.17. The van der Waals surface area contributed by atoms with E-state index in [1.165, 1.54) is 32.9 Å². The maximum absolute atomic E-state index is 2.42. The normalized spacial score (nSPS) is 11.8. The largest absolute Gasteiger partial charge is 0.326 e. The molecule has 0 spiro atoms. The van der Waals surface area contributed by atoms with Crippen molar-refractivity contribution in [2.75, 3.05) is 0 Å². The maximum atomic E-state index is 2.42. The number of hydrogen-bond donors (Lipinski definition) is 0. The lowest BCUT2D eigenvalue weighted by Crippen LogP contribution is -2.12. The van der Waals surface area contributed by atoms with Gasteiger partial charge in [0.15, 0.2) is 0 Å². The van der Waals surface area contributed by atoms with E-state index in [-0.39, 0.29) is 6.17 Å². The van der Waals surface area contributed by atoms with Crippen molar-refractivity contribution >= 4 is 21.8 Å². The molecule has 0 N–H and O–H groups in total. The van der Waals surface area contributed by atoms with Gasteiger partial charge in [0, 0.05) is 23.2 Å². The molecule has 0 atom stereocenters. The quantitative estimate of drug-likeness (QED) is 0.451. The highest BCUT2D eigenvalue weighted by Gasteiger charge is 2.16. The maximum Gasteiger partial charge on any atom is 0.107 e. The number of rotatable bonds is 4. The van der Waals surface area contributed by atoms with Gasteiger partial charge in [-0.15, -0.1) is 0 Å². The van der Waals surface area contributed by atoms with E-state index < -0.39 is 0 Å². The topological polar surface area (TPSA) is 9.86 Å². The van der Waals surface area contributed by atoms with E-state index in [4.69, 9.17) is 0 Å². The SMILES string of the molecule is CCc1cn(C(C)n2cc(CC)c3ccccc32)c2ccccc12. The molecule has 0 radical (unpaired) electrons. The van der Waals surface area contributed by atoms with Crippen LogP contribution in [0.5, 0.6) is 0 Å². The Morgan fingerprint density at radius 1 is 0.708 bits per heavy atom. The fourth-order valence-electron chi connectivity index (χ4n) is 3.87. The number of aryl methyl sites for hydroxylation is 2. The Balaban J connectivity index is 1.93. The summed E-state index contributed by atoms with van der Waals surface area (Å²) < 4.78 is 4.83. The van der Waals surface area contributed by atoms with Crippen molar-refractivity contribution in [3.05, 3.63) is 72.1 Å². The van der Waals surface area contributed by atoms with E-state index in [0.717, 1.165) is 12.8 Å². The molecular formula is C22H24N2. The highest BCUT2D eigenvalue weighted by molar-refractivity contribution is 5.85. The minimum atomic E-state index is 0.250. The average Bonchev–Trinajstić information content (AvgIpc) is 3.20. The number of hydrogen-bond acceptors (Lipinski definition) is 0. The first-order valence-electron chi connectivity index (χ1n) is 8.91. The second-order valence-corrected chi connectivity index (χ2v) is 6.50. The van der Waals surface area contributed by atoms with Gasteiger partial charge in [-0.1, -0.05) is 50.2 Å². The smallest absolute Gasteiger partial charge is 0.107 e. The van der Waals surface area contributed by atoms with E-state index in [1.807, 2.05) is 0 Å². The third-order valence-corrected chi connectivity index (χ3v) is 5.21. The lowest BCUT2D eigenvalue weighted by Gasteiger charge is -2.19. The molecule has 24 heavy (non-hydrogen) atoms. The van der Waals surface area contributed by atoms with Crippen LogP contribution >= 0.6 is 0 Å². The lowest BCUT2D eigenvalue weighted by atomic mass is 10.1. The second kappa shape index (κ2) is 5.86. The molecule has 2 aromatic heterocycles. The third-order valence-electron chi connectivity index (χ3n) is 5.21. The molecule has 4 aromatic rings. The summed E-state index contributed by atoms with van der Waals surface area (Å²) in [6.07, 6.45) is 7.03. The van der Waals surface area contributed by atoms with Gasteiger partial charge in [0.25, 0.3) is 0 Å². The van der Waals surface area contributed by atoms with Gasteiger partial charge in [-0.05, 0) is 43.0 Å². The summed E-state index contributed by atoms with van der Waals surface area (Å²) in [5.41, 5.74) is 5.48. The Bertz CT molecular complexity index is 921. The highest BCUT2D eigenvalue weighted by Crippen LogP contribution is 2.30. The Morgan fingerprint density at radius 3 is 1.54 bits per heavy atom. The van der Waals surface area contributed by atoms with Crippen molar-refractivity contribution in [2.45, 2.75) is 39.8 Å². The van der Waals surface area contributed by atoms with Gasteiger partial charge in [-0.3, -0.25) is 0 Å². The molecule has 2 heteroatoms. The predicted octanol–water partition coefficient (Wildman–Crippen LogP) is 5.79. The van der Waals surface area contributed by atoms with Gasteiger partial charge >= 0.3 is 0 Å². The van der Waals surface area contributed by atoms with Crippen molar-refractivity contribution in [3.8, 4) is 0 Å². The zero-order valence-electron chi connectivity index (χ0n) is 14.7. The van der Waals surface area contributed by atoms with Crippen LogP contribution in [0.25, 0.3) is 21.8 Å². The summed E-state index contributed by atoms with van der Waals surface area (Å²) >= 11 is 0. The number of para-hydroxylation sites is 2. The minimum Gasteiger partial charge on any atom is -0.326 e. The van der Waals surface area contributed by atoms with Crippen LogP contribution in [-0.2, 0) is 12.8 Å². The average molecular weight is 316 g/mol. The summed E-state index contributed by atoms with van der Waals surface area (Å²) in [5, 5.41) is 2.75. The number of nitrogens with zero attached hydrogens (tertiary/aromatic N) is 2. The first-order valence-corrected chi connectivity index (χ1v) is 8.91. The summed E-state index contributed by atoms with van der Waals surface area (Å²) in [5.74, 6) is 0. The van der Waals surface area contributed by atoms with Gasteiger partial charge in [-0.25, -0.2) is 0 Å². The molecule has 0 saturated heterocycles. The van der Waals surface area contributed by atoms with E-state index in [9.17, 15) is 0 Å².